The van der Waals surface area contributed by atoms with E-state index in [1.165, 1.54) is 126 Å². The summed E-state index contributed by atoms with van der Waals surface area (Å²) in [5.41, 5.74) is 0. The fraction of sp³-hybridized carbons (Fsp3) is 1.00. The molecule has 8 heteroatoms. The molecule has 52 heavy (non-hydrogen) atoms. The van der Waals surface area contributed by atoms with Crippen molar-refractivity contribution in [1.82, 2.24) is 0 Å². The van der Waals surface area contributed by atoms with E-state index in [2.05, 4.69) is 74.7 Å². The molecule has 10 unspecified atom stereocenters. The highest BCUT2D eigenvalue weighted by Crippen LogP contribution is 2.49. The van der Waals surface area contributed by atoms with Crippen molar-refractivity contribution in [1.29, 1.82) is 0 Å². The SMILES string of the molecule is CC1CC(SCCCCCCO)C(C(C)CCC(C)C2CCC(C)C(SCCCCCCO)C2SCCCCCCO)CC1SCCCCCCO. The molecule has 0 amide bonds. The zero-order valence-corrected chi connectivity index (χ0v) is 37.7. The highest BCUT2D eigenvalue weighted by molar-refractivity contribution is 8.03. The van der Waals surface area contributed by atoms with Gasteiger partial charge in [-0.15, -0.1) is 0 Å². The van der Waals surface area contributed by atoms with Crippen molar-refractivity contribution in [2.45, 2.75) is 190 Å². The van der Waals surface area contributed by atoms with Gasteiger partial charge < -0.3 is 20.4 Å². The van der Waals surface area contributed by atoms with Crippen molar-refractivity contribution >= 4 is 47.0 Å². The molecule has 0 aromatic heterocycles. The molecule has 10 atom stereocenters. The summed E-state index contributed by atoms with van der Waals surface area (Å²) < 4.78 is 0. The van der Waals surface area contributed by atoms with E-state index in [1.54, 1.807) is 0 Å². The van der Waals surface area contributed by atoms with E-state index in [4.69, 9.17) is 5.11 Å². The molecule has 310 valence electrons. The second kappa shape index (κ2) is 32.2. The van der Waals surface area contributed by atoms with Crippen LogP contribution in [0.5, 0.6) is 0 Å². The van der Waals surface area contributed by atoms with Crippen molar-refractivity contribution in [3.63, 3.8) is 0 Å². The Kier molecular flexibility index (Phi) is 30.6. The quantitative estimate of drug-likeness (QED) is 0.0488. The van der Waals surface area contributed by atoms with Gasteiger partial charge in [-0.3, -0.25) is 0 Å². The molecular weight excluding hydrogens is 721 g/mol. The summed E-state index contributed by atoms with van der Waals surface area (Å²) in [7, 11) is 0. The Labute approximate surface area is 340 Å². The predicted octanol–water partition coefficient (Wildman–Crippen LogP) is 11.7. The third-order valence-electron chi connectivity index (χ3n) is 12.5. The first-order valence-electron chi connectivity index (χ1n) is 22.3. The van der Waals surface area contributed by atoms with Crippen molar-refractivity contribution < 1.29 is 20.4 Å². The molecule has 0 spiro atoms. The van der Waals surface area contributed by atoms with Crippen LogP contribution in [-0.2, 0) is 0 Å². The van der Waals surface area contributed by atoms with Gasteiger partial charge in [0.2, 0.25) is 0 Å². The summed E-state index contributed by atoms with van der Waals surface area (Å²) >= 11 is 9.19. The van der Waals surface area contributed by atoms with Crippen molar-refractivity contribution in [2.24, 2.45) is 35.5 Å². The van der Waals surface area contributed by atoms with Crippen LogP contribution in [0.25, 0.3) is 0 Å². The van der Waals surface area contributed by atoms with Crippen LogP contribution >= 0.6 is 47.0 Å². The predicted molar refractivity (Wildman–Crippen MR) is 239 cm³/mol. The zero-order valence-electron chi connectivity index (χ0n) is 34.4. The second-order valence-electron chi connectivity index (χ2n) is 16.9. The molecule has 2 aliphatic rings. The summed E-state index contributed by atoms with van der Waals surface area (Å²) in [5.74, 6) is 9.90. The minimum atomic E-state index is 0.332. The molecule has 0 bridgehead atoms. The van der Waals surface area contributed by atoms with Crippen LogP contribution in [-0.4, -0.2) is 90.9 Å². The summed E-state index contributed by atoms with van der Waals surface area (Å²) in [5, 5.41) is 40.0. The lowest BCUT2D eigenvalue weighted by Gasteiger charge is -2.45. The third-order valence-corrected chi connectivity index (χ3v) is 19.0. The molecule has 0 heterocycles. The molecule has 2 aliphatic carbocycles. The van der Waals surface area contributed by atoms with Crippen LogP contribution < -0.4 is 0 Å². The molecular formula is C44H86O4S4. The number of hydrogen-bond donors (Lipinski definition) is 4. The lowest BCUT2D eigenvalue weighted by atomic mass is 9.71. The molecule has 0 aliphatic heterocycles. The summed E-state index contributed by atoms with van der Waals surface area (Å²) in [6.45, 7) is 11.7. The van der Waals surface area contributed by atoms with Gasteiger partial charge in [0, 0.05) is 47.4 Å². The molecule has 2 fully saturated rings. The van der Waals surface area contributed by atoms with Crippen molar-refractivity contribution in [3.05, 3.63) is 0 Å². The van der Waals surface area contributed by atoms with Crippen LogP contribution in [0.3, 0.4) is 0 Å². The standard InChI is InChI=1S/C44H86O4S4/c1-35(39-24-23-37(3)43(51-31-19-11-7-15-27-47)44(39)52-32-20-12-8-16-28-48)21-22-36(2)40-34-41(49-29-17-9-5-13-25-45)38(4)33-42(40)50-30-18-10-6-14-26-46/h35-48H,5-34H2,1-4H3. The van der Waals surface area contributed by atoms with Gasteiger partial charge in [-0.1, -0.05) is 91.9 Å². The van der Waals surface area contributed by atoms with E-state index in [9.17, 15) is 15.3 Å². The molecule has 2 saturated carbocycles. The maximum absolute atomic E-state index is 9.25. The van der Waals surface area contributed by atoms with Gasteiger partial charge in [0.05, 0.1) is 0 Å². The van der Waals surface area contributed by atoms with Gasteiger partial charge in [0.15, 0.2) is 0 Å². The van der Waals surface area contributed by atoms with Crippen LogP contribution in [0.2, 0.25) is 0 Å². The van der Waals surface area contributed by atoms with Crippen LogP contribution in [0.15, 0.2) is 0 Å². The Hall–Kier alpha value is 1.24. The topological polar surface area (TPSA) is 80.9 Å². The lowest BCUT2D eigenvalue weighted by Crippen LogP contribution is -2.42. The number of unbranched alkanes of at least 4 members (excludes halogenated alkanes) is 12. The highest BCUT2D eigenvalue weighted by Gasteiger charge is 2.41. The minimum absolute atomic E-state index is 0.332. The van der Waals surface area contributed by atoms with Crippen LogP contribution in [0, 0.1) is 35.5 Å². The average molecular weight is 807 g/mol. The van der Waals surface area contributed by atoms with Gasteiger partial charge in [0.1, 0.15) is 0 Å². The first-order valence-corrected chi connectivity index (χ1v) is 26.5. The van der Waals surface area contributed by atoms with Crippen molar-refractivity contribution in [2.75, 3.05) is 49.4 Å². The highest BCUT2D eigenvalue weighted by atomic mass is 32.2. The fourth-order valence-corrected chi connectivity index (χ4v) is 15.9. The molecule has 0 radical (unpaired) electrons. The minimum Gasteiger partial charge on any atom is -0.396 e. The Morgan fingerprint density at radius 3 is 1.31 bits per heavy atom. The first-order chi connectivity index (χ1) is 25.4. The number of rotatable bonds is 33. The maximum Gasteiger partial charge on any atom is 0.0431 e. The lowest BCUT2D eigenvalue weighted by molar-refractivity contribution is 0.192. The third kappa shape index (κ3) is 20.6. The van der Waals surface area contributed by atoms with Crippen LogP contribution in [0.4, 0.5) is 0 Å². The van der Waals surface area contributed by atoms with Gasteiger partial charge in [-0.05, 0) is 136 Å². The number of hydrogen-bond acceptors (Lipinski definition) is 8. The summed E-state index contributed by atoms with van der Waals surface area (Å²) in [6, 6.07) is 0. The van der Waals surface area contributed by atoms with Crippen molar-refractivity contribution in [3.8, 4) is 0 Å². The summed E-state index contributed by atoms with van der Waals surface area (Å²) in [4.78, 5) is 0. The van der Waals surface area contributed by atoms with E-state index in [0.29, 0.717) is 26.4 Å². The maximum atomic E-state index is 9.25. The average Bonchev–Trinajstić information content (AvgIpc) is 3.14. The number of aliphatic hydroxyl groups is 4. The molecule has 2 rings (SSSR count). The van der Waals surface area contributed by atoms with Gasteiger partial charge >= 0.3 is 0 Å². The molecule has 0 aromatic carbocycles. The molecule has 4 nitrogen and oxygen atoms in total. The molecule has 0 saturated heterocycles. The Bertz CT molecular complexity index is 800. The molecule has 4 N–H and O–H groups in total. The molecule has 0 aromatic rings. The second-order valence-corrected chi connectivity index (χ2v) is 22.2. The smallest absolute Gasteiger partial charge is 0.0431 e. The van der Waals surface area contributed by atoms with E-state index in [0.717, 1.165) is 95.0 Å². The van der Waals surface area contributed by atoms with Gasteiger partial charge in [-0.2, -0.15) is 47.0 Å². The van der Waals surface area contributed by atoms with Gasteiger partial charge in [-0.25, -0.2) is 0 Å². The number of thioether (sulfide) groups is 4. The van der Waals surface area contributed by atoms with E-state index < -0.39 is 0 Å². The Morgan fingerprint density at radius 2 is 0.827 bits per heavy atom. The Balaban J connectivity index is 2.05. The van der Waals surface area contributed by atoms with Gasteiger partial charge in [0.25, 0.3) is 0 Å². The van der Waals surface area contributed by atoms with E-state index in [1.807, 2.05) is 0 Å². The summed E-state index contributed by atoms with van der Waals surface area (Å²) in [6.07, 6.45) is 27.0. The van der Waals surface area contributed by atoms with Crippen LogP contribution in [0.1, 0.15) is 169 Å². The number of aliphatic hydroxyl groups excluding tert-OH is 4. The fourth-order valence-electron chi connectivity index (χ4n) is 8.94. The Morgan fingerprint density at radius 1 is 0.423 bits per heavy atom. The normalized spacial score (nSPS) is 27.9. The largest absolute Gasteiger partial charge is 0.396 e. The van der Waals surface area contributed by atoms with E-state index in [-0.39, 0.29) is 0 Å². The zero-order chi connectivity index (χ0) is 37.8. The van der Waals surface area contributed by atoms with E-state index >= 15 is 0 Å². The first kappa shape index (κ1) is 49.4. The monoisotopic (exact) mass is 807 g/mol.